The molecule has 0 amide bonds. The van der Waals surface area contributed by atoms with Crippen LogP contribution in [0, 0.1) is 0 Å². The van der Waals surface area contributed by atoms with Crippen molar-refractivity contribution in [1.82, 2.24) is 0 Å². The maximum atomic E-state index is 14.1. The average Bonchev–Trinajstić information content (AvgIpc) is 3.23. The summed E-state index contributed by atoms with van der Waals surface area (Å²) in [6, 6.07) is 17.4. The van der Waals surface area contributed by atoms with Crippen molar-refractivity contribution in [2.75, 3.05) is 19.6 Å². The van der Waals surface area contributed by atoms with Crippen LogP contribution < -0.4 is 10.0 Å². The van der Waals surface area contributed by atoms with Gasteiger partial charge in [-0.25, -0.2) is 0 Å². The van der Waals surface area contributed by atoms with Crippen molar-refractivity contribution in [3.8, 4) is 0 Å². The second-order valence-electron chi connectivity index (χ2n) is 11.4. The Kier molecular flexibility index (Phi) is 6.07. The lowest BCUT2D eigenvalue weighted by atomic mass is 9.70. The smallest absolute Gasteiger partial charge is 0.209 e. The standard InChI is InChI=1S/C32H39N3O/c1-8-19-33-28-21(20-26-31(4,5)22-15-11-13-17-24(22)34(26)9-2)29(36)27(28)30-32(6,7)23-16-12-14-18-25(23)35(30)10-3/h11-18,20,30H,8-10,19H2,1-7H3/p+1/b21-20-. The summed E-state index contributed by atoms with van der Waals surface area (Å²) < 4.78 is 2.37. The number of likely N-dealkylation sites (N-methyl/N-ethyl adjacent to an activating group) is 1. The van der Waals surface area contributed by atoms with Gasteiger partial charge in [-0.15, -0.1) is 0 Å². The molecule has 0 bridgehead atoms. The largest absolute Gasteiger partial charge is 0.872 e. The van der Waals surface area contributed by atoms with Crippen molar-refractivity contribution < 1.29 is 14.6 Å². The van der Waals surface area contributed by atoms with Crippen molar-refractivity contribution in [3.05, 3.63) is 82.6 Å². The van der Waals surface area contributed by atoms with Gasteiger partial charge in [0.05, 0.1) is 23.1 Å². The van der Waals surface area contributed by atoms with Gasteiger partial charge in [-0.1, -0.05) is 49.1 Å². The predicted octanol–water partition coefficient (Wildman–Crippen LogP) is 4.38. The first-order chi connectivity index (χ1) is 17.2. The lowest BCUT2D eigenvalue weighted by Gasteiger charge is -2.42. The van der Waals surface area contributed by atoms with Gasteiger partial charge in [-0.3, -0.25) is 9.89 Å². The van der Waals surface area contributed by atoms with E-state index in [-0.39, 0.29) is 22.6 Å². The molecular weight excluding hydrogens is 442 g/mol. The molecule has 188 valence electrons. The molecule has 36 heavy (non-hydrogen) atoms. The van der Waals surface area contributed by atoms with E-state index in [1.807, 2.05) is 0 Å². The summed E-state index contributed by atoms with van der Waals surface area (Å²) in [5, 5.41) is 14.1. The second-order valence-corrected chi connectivity index (χ2v) is 11.4. The maximum absolute atomic E-state index is 14.1. The number of para-hydroxylation sites is 2. The average molecular weight is 483 g/mol. The zero-order valence-electron chi connectivity index (χ0n) is 22.9. The van der Waals surface area contributed by atoms with Gasteiger partial charge in [0.25, 0.3) is 0 Å². The molecule has 3 aliphatic rings. The van der Waals surface area contributed by atoms with Crippen LogP contribution >= 0.6 is 0 Å². The first-order valence-corrected chi connectivity index (χ1v) is 13.6. The molecule has 2 unspecified atom stereocenters. The third-order valence-electron chi connectivity index (χ3n) is 8.60. The van der Waals surface area contributed by atoms with E-state index in [1.165, 1.54) is 33.1 Å². The van der Waals surface area contributed by atoms with Gasteiger partial charge in [-0.2, -0.15) is 4.58 Å². The molecule has 2 atom stereocenters. The molecule has 2 aromatic carbocycles. The summed E-state index contributed by atoms with van der Waals surface area (Å²) in [7, 11) is 0. The fourth-order valence-corrected chi connectivity index (χ4v) is 6.82. The highest BCUT2D eigenvalue weighted by Gasteiger charge is 2.54. The molecule has 0 saturated heterocycles. The summed E-state index contributed by atoms with van der Waals surface area (Å²) in [5.74, 6) is 0.178. The Morgan fingerprint density at radius 3 is 2.31 bits per heavy atom. The van der Waals surface area contributed by atoms with E-state index in [2.05, 4.69) is 108 Å². The summed E-state index contributed by atoms with van der Waals surface area (Å²) in [5.41, 5.74) is 8.75. The third-order valence-corrected chi connectivity index (χ3v) is 8.60. The number of allylic oxidation sites excluding steroid dienone is 2. The SMILES string of the molecule is CCCN=C1C(C2[NH+](CC)c3ccccc3C2(C)C)=C([O-])/C1=C\C1=[N+](CC)c2ccccc2C1(C)C. The third kappa shape index (κ3) is 3.37. The van der Waals surface area contributed by atoms with E-state index in [1.54, 1.807) is 0 Å². The number of nitrogens with one attached hydrogen (secondary N) is 1. The zero-order valence-corrected chi connectivity index (χ0v) is 22.9. The molecule has 1 N–H and O–H groups in total. The normalized spacial score (nSPS) is 26.0. The molecule has 2 aliphatic heterocycles. The van der Waals surface area contributed by atoms with E-state index < -0.39 is 0 Å². The topological polar surface area (TPSA) is 42.9 Å². The van der Waals surface area contributed by atoms with Crippen molar-refractivity contribution in [2.24, 2.45) is 4.99 Å². The molecule has 2 heterocycles. The van der Waals surface area contributed by atoms with E-state index in [4.69, 9.17) is 4.99 Å². The number of quaternary nitrogens is 1. The van der Waals surface area contributed by atoms with Gasteiger partial charge >= 0.3 is 0 Å². The fourth-order valence-electron chi connectivity index (χ4n) is 6.82. The fraction of sp³-hybridized carbons (Fsp3) is 0.438. The lowest BCUT2D eigenvalue weighted by Crippen LogP contribution is -3.11. The van der Waals surface area contributed by atoms with Crippen LogP contribution in [0.5, 0.6) is 0 Å². The minimum atomic E-state index is -0.172. The van der Waals surface area contributed by atoms with Crippen LogP contribution in [0.15, 0.2) is 76.5 Å². The first kappa shape index (κ1) is 24.7. The molecular formula is C32H40N3O+. The monoisotopic (exact) mass is 482 g/mol. The Morgan fingerprint density at radius 2 is 1.64 bits per heavy atom. The molecule has 0 aromatic heterocycles. The molecule has 1 aliphatic carbocycles. The number of hydrogen-bond donors (Lipinski definition) is 1. The summed E-state index contributed by atoms with van der Waals surface area (Å²) in [6.07, 6.45) is 3.12. The van der Waals surface area contributed by atoms with Gasteiger partial charge in [-0.05, 0) is 59.6 Å². The second kappa shape index (κ2) is 8.85. The Morgan fingerprint density at radius 1 is 0.972 bits per heavy atom. The van der Waals surface area contributed by atoms with E-state index in [9.17, 15) is 5.11 Å². The zero-order chi connectivity index (χ0) is 25.8. The Balaban J connectivity index is 1.67. The molecule has 4 nitrogen and oxygen atoms in total. The Bertz CT molecular complexity index is 1340. The highest BCUT2D eigenvalue weighted by molar-refractivity contribution is 6.26. The Labute approximate surface area is 216 Å². The Hall–Kier alpha value is -2.98. The highest BCUT2D eigenvalue weighted by atomic mass is 16.3. The first-order valence-electron chi connectivity index (χ1n) is 13.6. The minimum Gasteiger partial charge on any atom is -0.872 e. The summed E-state index contributed by atoms with van der Waals surface area (Å²) in [4.78, 5) is 6.41. The predicted molar refractivity (Wildman–Crippen MR) is 147 cm³/mol. The van der Waals surface area contributed by atoms with Gasteiger partial charge < -0.3 is 5.11 Å². The summed E-state index contributed by atoms with van der Waals surface area (Å²) in [6.45, 7) is 18.2. The highest BCUT2D eigenvalue weighted by Crippen LogP contribution is 2.45. The van der Waals surface area contributed by atoms with Crippen LogP contribution in [0.2, 0.25) is 0 Å². The van der Waals surface area contributed by atoms with Crippen molar-refractivity contribution in [2.45, 2.75) is 71.8 Å². The minimum absolute atomic E-state index is 0.0706. The number of aliphatic imine (C=N–C) groups is 1. The van der Waals surface area contributed by atoms with Crippen LogP contribution in [-0.2, 0) is 10.8 Å². The van der Waals surface area contributed by atoms with Crippen LogP contribution in [0.4, 0.5) is 11.4 Å². The number of nitrogens with zero attached hydrogens (tertiary/aromatic N) is 2. The van der Waals surface area contributed by atoms with Crippen LogP contribution in [0.25, 0.3) is 0 Å². The van der Waals surface area contributed by atoms with E-state index in [0.29, 0.717) is 0 Å². The van der Waals surface area contributed by atoms with E-state index >= 15 is 0 Å². The van der Waals surface area contributed by atoms with Gasteiger partial charge in [0.1, 0.15) is 18.3 Å². The van der Waals surface area contributed by atoms with Crippen molar-refractivity contribution >= 4 is 22.8 Å². The molecule has 4 heteroatoms. The molecule has 0 radical (unpaired) electrons. The van der Waals surface area contributed by atoms with Crippen molar-refractivity contribution in [1.29, 1.82) is 0 Å². The lowest BCUT2D eigenvalue weighted by molar-refractivity contribution is -0.849. The number of hydrogen-bond acceptors (Lipinski definition) is 2. The number of fused-ring (bicyclic) bond motifs is 2. The summed E-state index contributed by atoms with van der Waals surface area (Å²) >= 11 is 0. The van der Waals surface area contributed by atoms with Gasteiger partial charge in [0.15, 0.2) is 5.71 Å². The number of rotatable bonds is 6. The molecule has 0 fully saturated rings. The van der Waals surface area contributed by atoms with Gasteiger partial charge in [0, 0.05) is 35.4 Å². The van der Waals surface area contributed by atoms with Gasteiger partial charge in [0.2, 0.25) is 5.69 Å². The molecule has 2 aromatic rings. The molecule has 0 spiro atoms. The van der Waals surface area contributed by atoms with Crippen molar-refractivity contribution in [3.63, 3.8) is 0 Å². The molecule has 5 rings (SSSR count). The molecule has 0 saturated carbocycles. The number of benzene rings is 2. The van der Waals surface area contributed by atoms with E-state index in [0.717, 1.165) is 42.9 Å². The quantitative estimate of drug-likeness (QED) is 0.610. The van der Waals surface area contributed by atoms with Crippen LogP contribution in [0.1, 0.15) is 66.0 Å². The maximum Gasteiger partial charge on any atom is 0.209 e. The van der Waals surface area contributed by atoms with Crippen LogP contribution in [0.3, 0.4) is 0 Å². The van der Waals surface area contributed by atoms with Crippen LogP contribution in [-0.4, -0.2) is 41.7 Å².